The van der Waals surface area contributed by atoms with Crippen molar-refractivity contribution in [2.45, 2.75) is 50.0 Å². The number of aliphatic hydroxyl groups is 1. The fourth-order valence-electron chi connectivity index (χ4n) is 2.73. The second-order valence-electron chi connectivity index (χ2n) is 7.44. The summed E-state index contributed by atoms with van der Waals surface area (Å²) in [5.74, 6) is -5.99. The molecule has 0 saturated heterocycles. The maximum absolute atomic E-state index is 12.7. The number of carboxylic acid groups (broad SMARTS) is 2. The number of hydrogen-bond donors (Lipinski definition) is 9. The lowest BCUT2D eigenvalue weighted by Gasteiger charge is -2.25. The van der Waals surface area contributed by atoms with Crippen LogP contribution in [0.25, 0.3) is 0 Å². The quantitative estimate of drug-likeness (QED) is 0.130. The molecule has 0 bridgehead atoms. The number of benzene rings is 1. The van der Waals surface area contributed by atoms with Crippen molar-refractivity contribution in [2.75, 3.05) is 5.75 Å². The Bertz CT molecular complexity index is 895. The van der Waals surface area contributed by atoms with E-state index in [1.807, 2.05) is 0 Å². The van der Waals surface area contributed by atoms with Crippen LogP contribution < -0.4 is 21.7 Å². The molecule has 1 aromatic rings. The summed E-state index contributed by atoms with van der Waals surface area (Å²) < 4.78 is 0. The number of phenolic OH excluding ortho intramolecular Hbond substituents is 1. The molecule has 0 saturated carbocycles. The molecule has 0 fully saturated rings. The molecule has 188 valence electrons. The maximum atomic E-state index is 12.7. The fourth-order valence-corrected chi connectivity index (χ4v) is 2.90. The van der Waals surface area contributed by atoms with Crippen molar-refractivity contribution in [3.63, 3.8) is 0 Å². The van der Waals surface area contributed by atoms with Crippen LogP contribution in [0, 0.1) is 0 Å². The third-order valence-corrected chi connectivity index (χ3v) is 4.99. The first-order valence-corrected chi connectivity index (χ1v) is 10.7. The monoisotopic (exact) mass is 500 g/mol. The highest BCUT2D eigenvalue weighted by Gasteiger charge is 2.33. The van der Waals surface area contributed by atoms with Crippen LogP contribution in [-0.2, 0) is 30.4 Å². The number of hydrogen-bond acceptors (Lipinski definition) is 9. The summed E-state index contributed by atoms with van der Waals surface area (Å²) in [6, 6.07) is -0.323. The Morgan fingerprint density at radius 3 is 1.97 bits per heavy atom. The minimum atomic E-state index is -1.72. The molecule has 1 aromatic carbocycles. The molecular formula is C20H28N4O9S. The molecule has 0 spiro atoms. The number of amides is 3. The minimum absolute atomic E-state index is 0.0426. The Balaban J connectivity index is 2.99. The summed E-state index contributed by atoms with van der Waals surface area (Å²) in [5, 5.41) is 44.3. The molecule has 0 aromatic heterocycles. The van der Waals surface area contributed by atoms with Gasteiger partial charge in [0.15, 0.2) is 0 Å². The van der Waals surface area contributed by atoms with Gasteiger partial charge in [-0.2, -0.15) is 12.6 Å². The summed E-state index contributed by atoms with van der Waals surface area (Å²) in [6.07, 6.45) is -2.53. The molecular weight excluding hydrogens is 472 g/mol. The van der Waals surface area contributed by atoms with Gasteiger partial charge in [0.05, 0.1) is 18.6 Å². The molecule has 3 amide bonds. The molecule has 1 rings (SSSR count). The number of aromatic hydroxyl groups is 1. The van der Waals surface area contributed by atoms with Gasteiger partial charge in [-0.1, -0.05) is 12.1 Å². The van der Waals surface area contributed by atoms with Gasteiger partial charge in [0.25, 0.3) is 0 Å². The van der Waals surface area contributed by atoms with Crippen molar-refractivity contribution in [2.24, 2.45) is 5.73 Å². The summed E-state index contributed by atoms with van der Waals surface area (Å²) in [7, 11) is 0. The zero-order valence-electron chi connectivity index (χ0n) is 18.2. The highest BCUT2D eigenvalue weighted by molar-refractivity contribution is 7.80. The Labute approximate surface area is 200 Å². The smallest absolute Gasteiger partial charge is 0.326 e. The number of carboxylic acids is 2. The van der Waals surface area contributed by atoms with Crippen LogP contribution in [0.3, 0.4) is 0 Å². The van der Waals surface area contributed by atoms with Crippen molar-refractivity contribution in [3.8, 4) is 5.75 Å². The predicted octanol–water partition coefficient (Wildman–Crippen LogP) is -2.41. The molecule has 9 N–H and O–H groups in total. The Morgan fingerprint density at radius 2 is 1.50 bits per heavy atom. The van der Waals surface area contributed by atoms with Crippen LogP contribution >= 0.6 is 12.6 Å². The second kappa shape index (κ2) is 13.4. The number of nitrogens with one attached hydrogen (secondary N) is 3. The number of rotatable bonds is 13. The van der Waals surface area contributed by atoms with Crippen molar-refractivity contribution in [1.29, 1.82) is 0 Å². The van der Waals surface area contributed by atoms with Crippen molar-refractivity contribution < 1.29 is 44.4 Å². The summed E-state index contributed by atoms with van der Waals surface area (Å²) in [6.45, 7) is 1.18. The average molecular weight is 501 g/mol. The van der Waals surface area contributed by atoms with Crippen LogP contribution in [0.1, 0.15) is 18.9 Å². The van der Waals surface area contributed by atoms with Crippen molar-refractivity contribution in [1.82, 2.24) is 16.0 Å². The highest BCUT2D eigenvalue weighted by atomic mass is 32.1. The number of nitrogens with two attached hydrogens (primary N) is 1. The number of aliphatic hydroxyl groups excluding tert-OH is 1. The van der Waals surface area contributed by atoms with E-state index in [-0.39, 0.29) is 17.9 Å². The van der Waals surface area contributed by atoms with E-state index in [1.165, 1.54) is 31.2 Å². The van der Waals surface area contributed by atoms with Crippen LogP contribution in [0.5, 0.6) is 5.75 Å². The van der Waals surface area contributed by atoms with Gasteiger partial charge in [-0.25, -0.2) is 4.79 Å². The van der Waals surface area contributed by atoms with Crippen LogP contribution in [0.15, 0.2) is 24.3 Å². The van der Waals surface area contributed by atoms with E-state index in [0.717, 1.165) is 0 Å². The number of carbonyl (C=O) groups is 5. The van der Waals surface area contributed by atoms with Gasteiger partial charge in [-0.15, -0.1) is 0 Å². The lowest BCUT2D eigenvalue weighted by molar-refractivity contribution is -0.143. The van der Waals surface area contributed by atoms with E-state index in [1.54, 1.807) is 0 Å². The Kier molecular flexibility index (Phi) is 11.3. The topological polar surface area (TPSA) is 228 Å². The largest absolute Gasteiger partial charge is 0.508 e. The van der Waals surface area contributed by atoms with Crippen LogP contribution in [0.4, 0.5) is 0 Å². The Hall–Kier alpha value is -3.36. The highest BCUT2D eigenvalue weighted by Crippen LogP contribution is 2.12. The molecule has 34 heavy (non-hydrogen) atoms. The first-order valence-electron chi connectivity index (χ1n) is 10.0. The van der Waals surface area contributed by atoms with E-state index in [4.69, 9.17) is 10.8 Å². The van der Waals surface area contributed by atoms with Gasteiger partial charge >= 0.3 is 11.9 Å². The zero-order valence-corrected chi connectivity index (χ0v) is 19.1. The zero-order chi connectivity index (χ0) is 26.0. The van der Waals surface area contributed by atoms with E-state index < -0.39 is 66.4 Å². The summed E-state index contributed by atoms with van der Waals surface area (Å²) in [4.78, 5) is 60.1. The summed E-state index contributed by atoms with van der Waals surface area (Å²) >= 11 is 3.86. The molecule has 14 heteroatoms. The first-order chi connectivity index (χ1) is 15.8. The van der Waals surface area contributed by atoms with E-state index >= 15 is 0 Å². The van der Waals surface area contributed by atoms with Crippen LogP contribution in [0.2, 0.25) is 0 Å². The van der Waals surface area contributed by atoms with Gasteiger partial charge in [0, 0.05) is 12.2 Å². The predicted molar refractivity (Wildman–Crippen MR) is 121 cm³/mol. The normalized spacial score (nSPS) is 15.2. The summed E-state index contributed by atoms with van der Waals surface area (Å²) in [5.41, 5.74) is 5.98. The van der Waals surface area contributed by atoms with Gasteiger partial charge in [0.1, 0.15) is 23.9 Å². The van der Waals surface area contributed by atoms with Crippen LogP contribution in [-0.4, -0.2) is 86.1 Å². The first kappa shape index (κ1) is 28.7. The Morgan fingerprint density at radius 1 is 0.941 bits per heavy atom. The number of carbonyl (C=O) groups excluding carboxylic acids is 3. The lowest BCUT2D eigenvalue weighted by atomic mass is 10.0. The fraction of sp³-hybridized carbons (Fsp3) is 0.450. The van der Waals surface area contributed by atoms with Gasteiger partial charge in [0.2, 0.25) is 17.7 Å². The van der Waals surface area contributed by atoms with Gasteiger partial charge in [-0.05, 0) is 24.6 Å². The molecule has 0 aliphatic heterocycles. The SMILES string of the molecule is CC(O)C(NC(=O)C(N)CS)C(=O)NC(CC(=O)O)C(=O)NC(Cc1ccc(O)cc1)C(=O)O. The molecule has 0 heterocycles. The van der Waals surface area contributed by atoms with Crippen molar-refractivity contribution in [3.05, 3.63) is 29.8 Å². The lowest BCUT2D eigenvalue weighted by Crippen LogP contribution is -2.60. The van der Waals surface area contributed by atoms with Gasteiger partial charge < -0.3 is 42.1 Å². The molecule has 5 unspecified atom stereocenters. The molecule has 0 aliphatic carbocycles. The van der Waals surface area contributed by atoms with Gasteiger partial charge in [-0.3, -0.25) is 19.2 Å². The third kappa shape index (κ3) is 9.25. The standard InChI is InChI=1S/C20H28N4O9S/c1-9(25)16(24-17(29)12(21)8-34)19(31)22-13(7-15(27)28)18(30)23-14(20(32)33)6-10-2-4-11(26)5-3-10/h2-5,9,12-14,16,25-26,34H,6-8,21H2,1H3,(H,22,31)(H,23,30)(H,24,29)(H,27,28)(H,32,33). The average Bonchev–Trinajstić information content (AvgIpc) is 2.76. The molecule has 0 aliphatic rings. The van der Waals surface area contributed by atoms with Crippen molar-refractivity contribution >= 4 is 42.3 Å². The minimum Gasteiger partial charge on any atom is -0.508 e. The molecule has 5 atom stereocenters. The molecule has 13 nitrogen and oxygen atoms in total. The maximum Gasteiger partial charge on any atom is 0.326 e. The van der Waals surface area contributed by atoms with E-state index in [9.17, 15) is 39.3 Å². The second-order valence-corrected chi connectivity index (χ2v) is 7.81. The number of aliphatic carboxylic acids is 2. The molecule has 0 radical (unpaired) electrons. The van der Waals surface area contributed by atoms with E-state index in [0.29, 0.717) is 5.56 Å². The number of thiol groups is 1. The number of phenols is 1. The third-order valence-electron chi connectivity index (χ3n) is 4.60. The van der Waals surface area contributed by atoms with E-state index in [2.05, 4.69) is 28.6 Å².